The Bertz CT molecular complexity index is 374. The third-order valence-electron chi connectivity index (χ3n) is 3.05. The molecule has 1 unspecified atom stereocenters. The molecule has 0 fully saturated rings. The fraction of sp³-hybridized carbons (Fsp3) is 0.583. The van der Waals surface area contributed by atoms with Crippen molar-refractivity contribution in [2.75, 3.05) is 6.54 Å². The van der Waals surface area contributed by atoms with Gasteiger partial charge in [0.2, 0.25) is 0 Å². The lowest BCUT2D eigenvalue weighted by Gasteiger charge is -2.18. The Labute approximate surface area is 99.5 Å². The van der Waals surface area contributed by atoms with Crippen molar-refractivity contribution in [1.82, 2.24) is 14.9 Å². The lowest BCUT2D eigenvalue weighted by atomic mass is 9.94. The molecular formula is C12H17F2N3. The second-order valence-corrected chi connectivity index (χ2v) is 4.31. The van der Waals surface area contributed by atoms with Crippen LogP contribution in [0.1, 0.15) is 31.6 Å². The number of halogens is 2. The van der Waals surface area contributed by atoms with E-state index in [0.29, 0.717) is 18.3 Å². The monoisotopic (exact) mass is 241 g/mol. The molecule has 1 aromatic heterocycles. The molecule has 1 N–H and O–H groups in total. The minimum atomic E-state index is -2.51. The molecule has 3 nitrogen and oxygen atoms in total. The molecule has 1 atom stereocenters. The summed E-state index contributed by atoms with van der Waals surface area (Å²) in [7, 11) is 0. The van der Waals surface area contributed by atoms with Crippen molar-refractivity contribution in [2.45, 2.75) is 32.4 Å². The summed E-state index contributed by atoms with van der Waals surface area (Å²) in [5, 5.41) is 3.20. The maximum absolute atomic E-state index is 12.5. The Morgan fingerprint density at radius 1 is 1.47 bits per heavy atom. The number of aromatic nitrogens is 2. The molecule has 0 aliphatic heterocycles. The van der Waals surface area contributed by atoms with E-state index in [1.165, 1.54) is 18.8 Å². The number of nitrogens with zero attached hydrogens (tertiary/aromatic N) is 2. The van der Waals surface area contributed by atoms with Gasteiger partial charge in [0, 0.05) is 12.4 Å². The van der Waals surface area contributed by atoms with E-state index >= 15 is 0 Å². The van der Waals surface area contributed by atoms with Crippen LogP contribution in [-0.4, -0.2) is 16.1 Å². The molecule has 1 aromatic rings. The third-order valence-corrected chi connectivity index (χ3v) is 3.05. The lowest BCUT2D eigenvalue weighted by Crippen LogP contribution is -2.24. The quantitative estimate of drug-likeness (QED) is 0.803. The average Bonchev–Trinajstić information content (AvgIpc) is 2.79. The van der Waals surface area contributed by atoms with Crippen LogP contribution in [0.25, 0.3) is 0 Å². The molecule has 5 heteroatoms. The molecule has 1 aliphatic carbocycles. The first-order chi connectivity index (χ1) is 8.27. The highest BCUT2D eigenvalue weighted by Gasteiger charge is 2.12. The van der Waals surface area contributed by atoms with Gasteiger partial charge in [-0.3, -0.25) is 4.57 Å². The first-order valence-electron chi connectivity index (χ1n) is 5.93. The number of allylic oxidation sites excluding steroid dienone is 2. The number of hydrogen-bond donors (Lipinski definition) is 1. The summed E-state index contributed by atoms with van der Waals surface area (Å²) < 4.78 is 26.0. The Balaban J connectivity index is 1.77. The molecule has 0 radical (unpaired) electrons. The minimum absolute atomic E-state index is 0.395. The van der Waals surface area contributed by atoms with Crippen molar-refractivity contribution in [2.24, 2.45) is 5.92 Å². The van der Waals surface area contributed by atoms with Gasteiger partial charge in [-0.2, -0.15) is 8.78 Å². The van der Waals surface area contributed by atoms with Crippen LogP contribution in [0.2, 0.25) is 0 Å². The Morgan fingerprint density at radius 3 is 3.06 bits per heavy atom. The van der Waals surface area contributed by atoms with Gasteiger partial charge in [-0.1, -0.05) is 12.2 Å². The fourth-order valence-electron chi connectivity index (χ4n) is 2.09. The van der Waals surface area contributed by atoms with E-state index in [1.54, 1.807) is 0 Å². The maximum Gasteiger partial charge on any atom is 0.319 e. The SMILES string of the molecule is FC(F)n1ccnc1CNCC1CC=CCC1. The van der Waals surface area contributed by atoms with Crippen LogP contribution in [0.5, 0.6) is 0 Å². The van der Waals surface area contributed by atoms with Gasteiger partial charge < -0.3 is 5.32 Å². The lowest BCUT2D eigenvalue weighted by molar-refractivity contribution is 0.0666. The average molecular weight is 241 g/mol. The van der Waals surface area contributed by atoms with Gasteiger partial charge in [-0.05, 0) is 31.7 Å². The summed E-state index contributed by atoms with van der Waals surface area (Å²) in [5.41, 5.74) is 0. The summed E-state index contributed by atoms with van der Waals surface area (Å²) in [6, 6.07) is 0. The van der Waals surface area contributed by atoms with Crippen LogP contribution in [0.3, 0.4) is 0 Å². The first kappa shape index (κ1) is 12.2. The Morgan fingerprint density at radius 2 is 2.35 bits per heavy atom. The number of imidazole rings is 1. The van der Waals surface area contributed by atoms with Crippen molar-refractivity contribution in [3.05, 3.63) is 30.4 Å². The molecule has 0 bridgehead atoms. The highest BCUT2D eigenvalue weighted by molar-refractivity contribution is 4.93. The molecule has 1 aliphatic rings. The molecule has 0 saturated heterocycles. The summed E-state index contributed by atoms with van der Waals surface area (Å²) >= 11 is 0. The van der Waals surface area contributed by atoms with E-state index in [1.807, 2.05) is 0 Å². The molecule has 1 heterocycles. The predicted molar refractivity (Wildman–Crippen MR) is 61.7 cm³/mol. The molecule has 0 aromatic carbocycles. The Kier molecular flexibility index (Phi) is 4.25. The van der Waals surface area contributed by atoms with E-state index in [0.717, 1.165) is 24.0 Å². The van der Waals surface area contributed by atoms with Crippen LogP contribution in [0, 0.1) is 5.92 Å². The number of rotatable bonds is 5. The van der Waals surface area contributed by atoms with Crippen LogP contribution in [-0.2, 0) is 6.54 Å². The van der Waals surface area contributed by atoms with Gasteiger partial charge in [0.1, 0.15) is 5.82 Å². The summed E-state index contributed by atoms with van der Waals surface area (Å²) in [4.78, 5) is 3.93. The molecule has 0 saturated carbocycles. The van der Waals surface area contributed by atoms with Crippen molar-refractivity contribution in [1.29, 1.82) is 0 Å². The highest BCUT2D eigenvalue weighted by atomic mass is 19.3. The van der Waals surface area contributed by atoms with Gasteiger partial charge in [-0.15, -0.1) is 0 Å². The normalized spacial score (nSPS) is 20.1. The predicted octanol–water partition coefficient (Wildman–Crippen LogP) is 2.72. The molecule has 17 heavy (non-hydrogen) atoms. The number of alkyl halides is 2. The summed E-state index contributed by atoms with van der Waals surface area (Å²) in [6.07, 6.45) is 10.5. The van der Waals surface area contributed by atoms with E-state index in [4.69, 9.17) is 0 Å². The fourth-order valence-corrected chi connectivity index (χ4v) is 2.09. The van der Waals surface area contributed by atoms with Crippen LogP contribution in [0.15, 0.2) is 24.5 Å². The van der Waals surface area contributed by atoms with Gasteiger partial charge in [0.15, 0.2) is 0 Å². The third kappa shape index (κ3) is 3.36. The number of hydrogen-bond acceptors (Lipinski definition) is 2. The molecule has 2 rings (SSSR count). The molecule has 0 spiro atoms. The Hall–Kier alpha value is -1.23. The van der Waals surface area contributed by atoms with E-state index < -0.39 is 6.55 Å². The standard InChI is InChI=1S/C12H17F2N3/c13-12(14)17-7-6-16-11(17)9-15-8-10-4-2-1-3-5-10/h1-2,6-7,10,12,15H,3-5,8-9H2. The van der Waals surface area contributed by atoms with Crippen LogP contribution >= 0.6 is 0 Å². The second kappa shape index (κ2) is 5.91. The van der Waals surface area contributed by atoms with Gasteiger partial charge in [0.05, 0.1) is 6.54 Å². The van der Waals surface area contributed by atoms with Crippen molar-refractivity contribution >= 4 is 0 Å². The van der Waals surface area contributed by atoms with Crippen LogP contribution in [0.4, 0.5) is 8.78 Å². The van der Waals surface area contributed by atoms with Gasteiger partial charge >= 0.3 is 6.55 Å². The molecule has 0 amide bonds. The zero-order valence-corrected chi connectivity index (χ0v) is 9.65. The van der Waals surface area contributed by atoms with E-state index in [2.05, 4.69) is 22.5 Å². The topological polar surface area (TPSA) is 29.9 Å². The first-order valence-corrected chi connectivity index (χ1v) is 5.93. The van der Waals surface area contributed by atoms with E-state index in [9.17, 15) is 8.78 Å². The zero-order valence-electron chi connectivity index (χ0n) is 9.65. The maximum atomic E-state index is 12.5. The van der Waals surface area contributed by atoms with Crippen molar-refractivity contribution in [3.63, 3.8) is 0 Å². The summed E-state index contributed by atoms with van der Waals surface area (Å²) in [6.45, 7) is -1.25. The van der Waals surface area contributed by atoms with Gasteiger partial charge in [-0.25, -0.2) is 4.98 Å². The smallest absolute Gasteiger partial charge is 0.310 e. The van der Waals surface area contributed by atoms with Gasteiger partial charge in [0.25, 0.3) is 0 Å². The van der Waals surface area contributed by atoms with E-state index in [-0.39, 0.29) is 0 Å². The van der Waals surface area contributed by atoms with Crippen LogP contribution < -0.4 is 5.32 Å². The van der Waals surface area contributed by atoms with Crippen molar-refractivity contribution in [3.8, 4) is 0 Å². The molecular weight excluding hydrogens is 224 g/mol. The second-order valence-electron chi connectivity index (χ2n) is 4.31. The highest BCUT2D eigenvalue weighted by Crippen LogP contribution is 2.17. The zero-order chi connectivity index (χ0) is 12.1. The number of nitrogens with one attached hydrogen (secondary N) is 1. The minimum Gasteiger partial charge on any atom is -0.310 e. The summed E-state index contributed by atoms with van der Waals surface area (Å²) in [5.74, 6) is 1.02. The molecule has 94 valence electrons. The largest absolute Gasteiger partial charge is 0.319 e. The van der Waals surface area contributed by atoms with Crippen molar-refractivity contribution < 1.29 is 8.78 Å².